The maximum absolute atomic E-state index is 13.2. The summed E-state index contributed by atoms with van der Waals surface area (Å²) >= 11 is 0. The zero-order chi connectivity index (χ0) is 20.6. The van der Waals surface area contributed by atoms with Crippen molar-refractivity contribution in [3.8, 4) is 17.1 Å². The summed E-state index contributed by atoms with van der Waals surface area (Å²) in [6, 6.07) is 5.21. The fourth-order valence-electron chi connectivity index (χ4n) is 3.15. The van der Waals surface area contributed by atoms with Gasteiger partial charge in [-0.15, -0.1) is 0 Å². The molecule has 1 saturated heterocycles. The lowest BCUT2D eigenvalue weighted by atomic mass is 10.1. The van der Waals surface area contributed by atoms with E-state index in [2.05, 4.69) is 20.4 Å². The number of nitrogens with one attached hydrogen (secondary N) is 1. The largest absolute Gasteiger partial charge is 0.467 e. The van der Waals surface area contributed by atoms with Crippen LogP contribution in [-0.2, 0) is 14.6 Å². The number of hydrogen-bond donors (Lipinski definition) is 1. The molecule has 2 aromatic heterocycles. The second-order valence-electron chi connectivity index (χ2n) is 6.75. The Labute approximate surface area is 165 Å². The highest BCUT2D eigenvalue weighted by Crippen LogP contribution is 2.33. The van der Waals surface area contributed by atoms with Crippen molar-refractivity contribution in [1.82, 2.24) is 20.4 Å². The van der Waals surface area contributed by atoms with E-state index in [4.69, 9.17) is 9.26 Å². The van der Waals surface area contributed by atoms with E-state index in [0.29, 0.717) is 28.9 Å². The van der Waals surface area contributed by atoms with Gasteiger partial charge in [-0.2, -0.15) is 9.97 Å². The van der Waals surface area contributed by atoms with Crippen LogP contribution in [0.15, 0.2) is 28.8 Å². The first-order valence-electron chi connectivity index (χ1n) is 8.83. The predicted octanol–water partition coefficient (Wildman–Crippen LogP) is 1.41. The monoisotopic (exact) mass is 420 g/mol. The third-order valence-electron chi connectivity index (χ3n) is 4.47. The fraction of sp³-hybridized carbons (Fsp3) is 0.333. The Morgan fingerprint density at radius 2 is 2.07 bits per heavy atom. The number of amides is 1. The maximum Gasteiger partial charge on any atom is 0.265 e. The van der Waals surface area contributed by atoms with Gasteiger partial charge in [-0.25, -0.2) is 12.8 Å². The van der Waals surface area contributed by atoms with Crippen LogP contribution in [0.5, 0.6) is 5.88 Å². The van der Waals surface area contributed by atoms with Gasteiger partial charge in [-0.05, 0) is 37.6 Å². The van der Waals surface area contributed by atoms with Crippen LogP contribution in [0.3, 0.4) is 0 Å². The molecule has 0 aliphatic carbocycles. The van der Waals surface area contributed by atoms with Crippen molar-refractivity contribution in [2.75, 3.05) is 18.1 Å². The lowest BCUT2D eigenvalue weighted by Crippen LogP contribution is -2.38. The molecule has 152 valence electrons. The van der Waals surface area contributed by atoms with Gasteiger partial charge in [0.1, 0.15) is 22.7 Å². The topological polar surface area (TPSA) is 124 Å². The highest BCUT2D eigenvalue weighted by molar-refractivity contribution is 7.91. The Balaban J connectivity index is 1.56. The minimum atomic E-state index is -3.10. The molecule has 9 nitrogen and oxygen atoms in total. The number of carbonyl (C=O) groups is 1. The predicted molar refractivity (Wildman–Crippen MR) is 100 cm³/mol. The second kappa shape index (κ2) is 7.39. The number of nitrogens with zero attached hydrogens (tertiary/aromatic N) is 3. The van der Waals surface area contributed by atoms with Gasteiger partial charge in [0, 0.05) is 11.6 Å². The van der Waals surface area contributed by atoms with Gasteiger partial charge < -0.3 is 14.6 Å². The molecule has 1 aliphatic rings. The van der Waals surface area contributed by atoms with Crippen LogP contribution in [0, 0.1) is 12.7 Å². The molecule has 1 atom stereocenters. The summed E-state index contributed by atoms with van der Waals surface area (Å²) in [6.07, 6.45) is 0.380. The van der Waals surface area contributed by atoms with Crippen LogP contribution in [0.1, 0.15) is 12.2 Å². The summed E-state index contributed by atoms with van der Waals surface area (Å²) in [5.41, 5.74) is 1.11. The Bertz CT molecular complexity index is 1180. The second-order valence-corrected chi connectivity index (χ2v) is 8.98. The molecule has 1 N–H and O–H groups in total. The molecule has 0 bridgehead atoms. The highest BCUT2D eigenvalue weighted by Gasteiger charge is 2.29. The van der Waals surface area contributed by atoms with E-state index in [1.807, 2.05) is 0 Å². The number of carbonyl (C=O) groups excluding carboxylic acids is 1. The van der Waals surface area contributed by atoms with Crippen LogP contribution in [0.2, 0.25) is 0 Å². The molecule has 0 spiro atoms. The molecule has 0 unspecified atom stereocenters. The van der Waals surface area contributed by atoms with Crippen LogP contribution in [0.4, 0.5) is 4.39 Å². The number of sulfone groups is 1. The van der Waals surface area contributed by atoms with Gasteiger partial charge in [0.2, 0.25) is 5.88 Å². The summed E-state index contributed by atoms with van der Waals surface area (Å²) in [7, 11) is -3.10. The van der Waals surface area contributed by atoms with Crippen LogP contribution in [0.25, 0.3) is 22.4 Å². The average Bonchev–Trinajstić information content (AvgIpc) is 3.23. The molecule has 11 heteroatoms. The number of aryl methyl sites for hydroxylation is 1. The van der Waals surface area contributed by atoms with Crippen molar-refractivity contribution < 1.29 is 26.9 Å². The quantitative estimate of drug-likeness (QED) is 0.657. The Morgan fingerprint density at radius 1 is 1.31 bits per heavy atom. The van der Waals surface area contributed by atoms with Gasteiger partial charge in [-0.3, -0.25) is 4.79 Å². The minimum Gasteiger partial charge on any atom is -0.467 e. The number of aromatic nitrogens is 3. The van der Waals surface area contributed by atoms with E-state index in [9.17, 15) is 17.6 Å². The first-order valence-corrected chi connectivity index (χ1v) is 10.7. The Kier molecular flexibility index (Phi) is 4.91. The maximum atomic E-state index is 13.2. The normalized spacial score (nSPS) is 18.1. The van der Waals surface area contributed by atoms with E-state index in [1.165, 1.54) is 24.3 Å². The zero-order valence-corrected chi connectivity index (χ0v) is 16.2. The molecular weight excluding hydrogens is 403 g/mol. The number of halogens is 1. The van der Waals surface area contributed by atoms with Crippen molar-refractivity contribution in [3.05, 3.63) is 35.9 Å². The van der Waals surface area contributed by atoms with Gasteiger partial charge in [0.25, 0.3) is 11.6 Å². The van der Waals surface area contributed by atoms with Crippen LogP contribution < -0.4 is 10.1 Å². The Morgan fingerprint density at radius 3 is 2.76 bits per heavy atom. The molecule has 4 rings (SSSR count). The van der Waals surface area contributed by atoms with Crippen LogP contribution >= 0.6 is 0 Å². The van der Waals surface area contributed by atoms with E-state index in [-0.39, 0.29) is 29.7 Å². The minimum absolute atomic E-state index is 0.0618. The highest BCUT2D eigenvalue weighted by atomic mass is 32.2. The van der Waals surface area contributed by atoms with Gasteiger partial charge in [0.05, 0.1) is 11.5 Å². The SMILES string of the molecule is Cc1nc(OCC(=O)N[C@H]2CCS(=O)(=O)C2)c2c(-c3ccc(F)cc3)noc2n1. The van der Waals surface area contributed by atoms with Crippen molar-refractivity contribution >= 4 is 26.8 Å². The van der Waals surface area contributed by atoms with E-state index >= 15 is 0 Å². The molecule has 0 radical (unpaired) electrons. The molecule has 3 heterocycles. The molecule has 1 aliphatic heterocycles. The van der Waals surface area contributed by atoms with Gasteiger partial charge >= 0.3 is 0 Å². The molecule has 29 heavy (non-hydrogen) atoms. The standard InChI is InChI=1S/C18H17FN4O5S/c1-10-20-17(27-8-14(24)22-13-6-7-29(25,26)9-13)15-16(23-28-18(15)21-10)11-2-4-12(19)5-3-11/h2-5,13H,6-9H2,1H3,(H,22,24)/t13-/m0/s1. The lowest BCUT2D eigenvalue weighted by molar-refractivity contribution is -0.123. The van der Waals surface area contributed by atoms with E-state index in [1.54, 1.807) is 6.92 Å². The molecule has 1 amide bonds. The average molecular weight is 420 g/mol. The number of hydrogen-bond acceptors (Lipinski definition) is 8. The summed E-state index contributed by atoms with van der Waals surface area (Å²) in [5.74, 6) is -0.409. The number of benzene rings is 1. The third-order valence-corrected chi connectivity index (χ3v) is 6.24. The molecule has 1 aromatic carbocycles. The van der Waals surface area contributed by atoms with Crippen molar-refractivity contribution in [3.63, 3.8) is 0 Å². The molecule has 0 saturated carbocycles. The number of rotatable bonds is 5. The Hall–Kier alpha value is -3.08. The van der Waals surface area contributed by atoms with Gasteiger partial charge in [0.15, 0.2) is 16.4 Å². The summed E-state index contributed by atoms with van der Waals surface area (Å²) in [4.78, 5) is 20.6. The van der Waals surface area contributed by atoms with Crippen molar-refractivity contribution in [2.45, 2.75) is 19.4 Å². The van der Waals surface area contributed by atoms with Crippen LogP contribution in [-0.4, -0.2) is 53.6 Å². The first-order chi connectivity index (χ1) is 13.8. The van der Waals surface area contributed by atoms with E-state index < -0.39 is 27.6 Å². The molecule has 3 aromatic rings. The summed E-state index contributed by atoms with van der Waals surface area (Å²) in [6.45, 7) is 1.27. The number of ether oxygens (including phenoxy) is 1. The lowest BCUT2D eigenvalue weighted by Gasteiger charge is -2.12. The smallest absolute Gasteiger partial charge is 0.265 e. The fourth-order valence-corrected chi connectivity index (χ4v) is 4.82. The van der Waals surface area contributed by atoms with Crippen molar-refractivity contribution in [2.24, 2.45) is 0 Å². The third kappa shape index (κ3) is 4.19. The zero-order valence-electron chi connectivity index (χ0n) is 15.4. The molecular formula is C18H17FN4O5S. The number of fused-ring (bicyclic) bond motifs is 1. The van der Waals surface area contributed by atoms with E-state index in [0.717, 1.165) is 0 Å². The summed E-state index contributed by atoms with van der Waals surface area (Å²) in [5, 5.41) is 6.98. The van der Waals surface area contributed by atoms with Crippen molar-refractivity contribution in [1.29, 1.82) is 0 Å². The summed E-state index contributed by atoms with van der Waals surface area (Å²) < 4.78 is 47.1. The first kappa shape index (κ1) is 19.2. The molecule has 1 fully saturated rings. The van der Waals surface area contributed by atoms with Gasteiger partial charge in [-0.1, -0.05) is 5.16 Å².